The van der Waals surface area contributed by atoms with Gasteiger partial charge < -0.3 is 25.1 Å². The predicted octanol–water partition coefficient (Wildman–Crippen LogP) is 1.26. The molecule has 0 unspecified atom stereocenters. The molecule has 1 aliphatic heterocycles. The molecule has 3 N–H and O–H groups in total. The predicted molar refractivity (Wildman–Crippen MR) is 68.7 cm³/mol. The van der Waals surface area contributed by atoms with E-state index >= 15 is 0 Å². The number of benzene rings is 1. The van der Waals surface area contributed by atoms with Crippen LogP contribution < -0.4 is 10.5 Å². The minimum Gasteiger partial charge on any atom is -0.497 e. The highest BCUT2D eigenvalue weighted by molar-refractivity contribution is 5.42. The Labute approximate surface area is 112 Å². The monoisotopic (exact) mass is 265 g/mol. The maximum atomic E-state index is 10.3. The van der Waals surface area contributed by atoms with Gasteiger partial charge in [-0.15, -0.1) is 0 Å². The molecule has 0 saturated carbocycles. The summed E-state index contributed by atoms with van der Waals surface area (Å²) >= 11 is 0. The zero-order valence-electron chi connectivity index (χ0n) is 11.3. The van der Waals surface area contributed by atoms with Gasteiger partial charge in [-0.25, -0.2) is 0 Å². The molecule has 2 aliphatic rings. The minimum absolute atomic E-state index is 0.310. The molecule has 3 rings (SSSR count). The largest absolute Gasteiger partial charge is 0.497 e. The SMILES string of the molecule is COc1ccc2c(c1)[C@H]1OC(C)(C)O[C@H]1[C@H](O)[C@H]2N. The molecule has 0 bridgehead atoms. The highest BCUT2D eigenvalue weighted by Crippen LogP contribution is 2.47. The third kappa shape index (κ3) is 1.94. The molecule has 1 aromatic carbocycles. The minimum atomic E-state index is -0.771. The molecular formula is C14H19NO4. The van der Waals surface area contributed by atoms with Crippen molar-refractivity contribution in [2.75, 3.05) is 7.11 Å². The normalized spacial score (nSPS) is 35.6. The average molecular weight is 265 g/mol. The molecule has 1 heterocycles. The fourth-order valence-corrected chi connectivity index (χ4v) is 2.90. The standard InChI is InChI=1S/C14H19NO4/c1-14(2)18-12-9-6-7(17-3)4-5-8(9)10(15)11(16)13(12)19-14/h4-6,10-13,16H,15H2,1-3H3/t10-,11+,12+,13-/m0/s1. The Bertz CT molecular complexity index is 502. The van der Waals surface area contributed by atoms with Crippen molar-refractivity contribution in [3.8, 4) is 5.75 Å². The molecular weight excluding hydrogens is 246 g/mol. The number of methoxy groups -OCH3 is 1. The topological polar surface area (TPSA) is 73.9 Å². The first-order valence-corrected chi connectivity index (χ1v) is 6.40. The van der Waals surface area contributed by atoms with Gasteiger partial charge in [-0.1, -0.05) is 6.07 Å². The Morgan fingerprint density at radius 3 is 2.68 bits per heavy atom. The van der Waals surface area contributed by atoms with Gasteiger partial charge in [0.15, 0.2) is 5.79 Å². The second kappa shape index (κ2) is 4.18. The zero-order valence-corrected chi connectivity index (χ0v) is 11.3. The Kier molecular flexibility index (Phi) is 2.83. The van der Waals surface area contributed by atoms with Crippen molar-refractivity contribution in [1.29, 1.82) is 0 Å². The van der Waals surface area contributed by atoms with Crippen LogP contribution >= 0.6 is 0 Å². The molecule has 4 atom stereocenters. The van der Waals surface area contributed by atoms with Gasteiger partial charge in [0.1, 0.15) is 24.1 Å². The molecule has 1 fully saturated rings. The van der Waals surface area contributed by atoms with Crippen molar-refractivity contribution >= 4 is 0 Å². The maximum Gasteiger partial charge on any atom is 0.164 e. The summed E-state index contributed by atoms with van der Waals surface area (Å²) in [6.07, 6.45) is -1.52. The smallest absolute Gasteiger partial charge is 0.164 e. The van der Waals surface area contributed by atoms with Gasteiger partial charge >= 0.3 is 0 Å². The van der Waals surface area contributed by atoms with Crippen LogP contribution in [0.25, 0.3) is 0 Å². The summed E-state index contributed by atoms with van der Waals surface area (Å²) in [4.78, 5) is 0. The van der Waals surface area contributed by atoms with E-state index in [1.54, 1.807) is 7.11 Å². The molecule has 0 spiro atoms. The van der Waals surface area contributed by atoms with Crippen LogP contribution in [-0.2, 0) is 9.47 Å². The van der Waals surface area contributed by atoms with E-state index in [9.17, 15) is 5.11 Å². The van der Waals surface area contributed by atoms with Gasteiger partial charge in [0, 0.05) is 0 Å². The Balaban J connectivity index is 2.09. The lowest BCUT2D eigenvalue weighted by Crippen LogP contribution is -2.44. The van der Waals surface area contributed by atoms with Crippen LogP contribution in [0.1, 0.15) is 37.1 Å². The number of aliphatic hydroxyl groups is 1. The fourth-order valence-electron chi connectivity index (χ4n) is 2.90. The Hall–Kier alpha value is -1.14. The Morgan fingerprint density at radius 2 is 2.00 bits per heavy atom. The third-order valence-electron chi connectivity index (χ3n) is 3.79. The number of hydrogen-bond acceptors (Lipinski definition) is 5. The van der Waals surface area contributed by atoms with Gasteiger partial charge in [0.2, 0.25) is 0 Å². The molecule has 0 aromatic heterocycles. The molecule has 5 nitrogen and oxygen atoms in total. The van der Waals surface area contributed by atoms with Crippen LogP contribution in [0.4, 0.5) is 0 Å². The lowest BCUT2D eigenvalue weighted by atomic mass is 9.82. The molecule has 5 heteroatoms. The van der Waals surface area contributed by atoms with Crippen LogP contribution in [0, 0.1) is 0 Å². The van der Waals surface area contributed by atoms with E-state index in [1.165, 1.54) is 0 Å². The number of ether oxygens (including phenoxy) is 3. The van der Waals surface area contributed by atoms with E-state index < -0.39 is 24.0 Å². The van der Waals surface area contributed by atoms with Crippen LogP contribution in [0.5, 0.6) is 5.75 Å². The molecule has 19 heavy (non-hydrogen) atoms. The number of aliphatic hydroxyl groups excluding tert-OH is 1. The molecule has 0 amide bonds. The highest BCUT2D eigenvalue weighted by atomic mass is 16.8. The van der Waals surface area contributed by atoms with Gasteiger partial charge in [-0.3, -0.25) is 0 Å². The quantitative estimate of drug-likeness (QED) is 0.799. The summed E-state index contributed by atoms with van der Waals surface area (Å²) < 4.78 is 16.9. The van der Waals surface area contributed by atoms with E-state index in [-0.39, 0.29) is 6.10 Å². The molecule has 0 radical (unpaired) electrons. The van der Waals surface area contributed by atoms with Gasteiger partial charge in [-0.2, -0.15) is 0 Å². The number of fused-ring (bicyclic) bond motifs is 3. The second-order valence-electron chi connectivity index (χ2n) is 5.53. The first kappa shape index (κ1) is 12.9. The second-order valence-corrected chi connectivity index (χ2v) is 5.53. The van der Waals surface area contributed by atoms with Crippen molar-refractivity contribution in [1.82, 2.24) is 0 Å². The van der Waals surface area contributed by atoms with Crippen LogP contribution in [0.15, 0.2) is 18.2 Å². The van der Waals surface area contributed by atoms with Crippen LogP contribution in [0.3, 0.4) is 0 Å². The van der Waals surface area contributed by atoms with Crippen molar-refractivity contribution in [2.45, 2.75) is 44.0 Å². The number of hydrogen-bond donors (Lipinski definition) is 2. The van der Waals surface area contributed by atoms with E-state index in [0.29, 0.717) is 0 Å². The lowest BCUT2D eigenvalue weighted by Gasteiger charge is -2.34. The van der Waals surface area contributed by atoms with Crippen LogP contribution in [-0.4, -0.2) is 30.2 Å². The lowest BCUT2D eigenvalue weighted by molar-refractivity contribution is -0.155. The molecule has 104 valence electrons. The van der Waals surface area contributed by atoms with E-state index in [1.807, 2.05) is 32.0 Å². The van der Waals surface area contributed by atoms with Gasteiger partial charge in [0.25, 0.3) is 0 Å². The summed E-state index contributed by atoms with van der Waals surface area (Å²) in [6, 6.07) is 5.16. The summed E-state index contributed by atoms with van der Waals surface area (Å²) in [5.74, 6) is 0.0233. The summed E-state index contributed by atoms with van der Waals surface area (Å²) in [5, 5.41) is 10.3. The van der Waals surface area contributed by atoms with Crippen molar-refractivity contribution in [3.05, 3.63) is 29.3 Å². The third-order valence-corrected chi connectivity index (χ3v) is 3.79. The van der Waals surface area contributed by atoms with Crippen molar-refractivity contribution < 1.29 is 19.3 Å². The molecule has 1 aromatic rings. The Morgan fingerprint density at radius 1 is 1.26 bits per heavy atom. The summed E-state index contributed by atoms with van der Waals surface area (Å²) in [5.41, 5.74) is 7.92. The van der Waals surface area contributed by atoms with Crippen LogP contribution in [0.2, 0.25) is 0 Å². The summed E-state index contributed by atoms with van der Waals surface area (Å²) in [6.45, 7) is 3.67. The summed E-state index contributed by atoms with van der Waals surface area (Å²) in [7, 11) is 1.62. The fraction of sp³-hybridized carbons (Fsp3) is 0.571. The molecule has 1 aliphatic carbocycles. The van der Waals surface area contributed by atoms with E-state index in [2.05, 4.69) is 0 Å². The zero-order chi connectivity index (χ0) is 13.8. The van der Waals surface area contributed by atoms with Gasteiger partial charge in [0.05, 0.1) is 13.2 Å². The maximum absolute atomic E-state index is 10.3. The highest BCUT2D eigenvalue weighted by Gasteiger charge is 2.51. The first-order valence-electron chi connectivity index (χ1n) is 6.40. The molecule has 1 saturated heterocycles. The van der Waals surface area contributed by atoms with Crippen molar-refractivity contribution in [3.63, 3.8) is 0 Å². The van der Waals surface area contributed by atoms with E-state index in [0.717, 1.165) is 16.9 Å². The van der Waals surface area contributed by atoms with Gasteiger partial charge in [-0.05, 0) is 37.1 Å². The first-order chi connectivity index (χ1) is 8.93. The number of rotatable bonds is 1. The number of nitrogens with two attached hydrogens (primary N) is 1. The average Bonchev–Trinajstić information content (AvgIpc) is 2.71. The van der Waals surface area contributed by atoms with E-state index in [4.69, 9.17) is 19.9 Å². The van der Waals surface area contributed by atoms with Crippen molar-refractivity contribution in [2.24, 2.45) is 5.73 Å².